The van der Waals surface area contributed by atoms with Crippen molar-refractivity contribution in [3.63, 3.8) is 0 Å². The van der Waals surface area contributed by atoms with Crippen molar-refractivity contribution in [1.82, 2.24) is 9.80 Å². The molecule has 0 aromatic heterocycles. The highest BCUT2D eigenvalue weighted by Gasteiger charge is 2.37. The molecule has 0 spiro atoms. The van der Waals surface area contributed by atoms with E-state index in [0.29, 0.717) is 19.5 Å². The molecule has 1 saturated heterocycles. The van der Waals surface area contributed by atoms with Gasteiger partial charge in [0.05, 0.1) is 0 Å². The summed E-state index contributed by atoms with van der Waals surface area (Å²) in [6.07, 6.45) is 5.10. The van der Waals surface area contributed by atoms with Crippen LogP contribution in [0.1, 0.15) is 38.5 Å². The van der Waals surface area contributed by atoms with E-state index in [1.54, 1.807) is 19.0 Å². The van der Waals surface area contributed by atoms with Crippen LogP contribution in [0.25, 0.3) is 0 Å². The number of hydrogen-bond donors (Lipinski definition) is 1. The molecule has 5 nitrogen and oxygen atoms in total. The van der Waals surface area contributed by atoms with Gasteiger partial charge in [0, 0.05) is 45.1 Å². The zero-order valence-electron chi connectivity index (χ0n) is 12.0. The van der Waals surface area contributed by atoms with Gasteiger partial charge in [-0.2, -0.15) is 0 Å². The molecule has 0 aromatic rings. The van der Waals surface area contributed by atoms with Gasteiger partial charge in [0.1, 0.15) is 0 Å². The molecule has 0 radical (unpaired) electrons. The SMILES string of the molecule is CN(C)C(=O)C1CCN(C(=O)CC2(N)CCC2)CC1. The lowest BCUT2D eigenvalue weighted by molar-refractivity contribution is -0.140. The van der Waals surface area contributed by atoms with Crippen LogP contribution in [0, 0.1) is 5.92 Å². The van der Waals surface area contributed by atoms with Crippen LogP contribution in [0.2, 0.25) is 0 Å². The minimum atomic E-state index is -0.243. The maximum absolute atomic E-state index is 12.2. The van der Waals surface area contributed by atoms with Crippen molar-refractivity contribution in [1.29, 1.82) is 0 Å². The summed E-state index contributed by atoms with van der Waals surface area (Å²) in [5, 5.41) is 0. The van der Waals surface area contributed by atoms with Crippen LogP contribution in [0.15, 0.2) is 0 Å². The van der Waals surface area contributed by atoms with Crippen molar-refractivity contribution in [2.24, 2.45) is 11.7 Å². The highest BCUT2D eigenvalue weighted by molar-refractivity contribution is 5.80. The Bertz CT molecular complexity index is 356. The Hall–Kier alpha value is -1.10. The van der Waals surface area contributed by atoms with Crippen LogP contribution in [-0.4, -0.2) is 54.3 Å². The third kappa shape index (κ3) is 3.26. The molecule has 2 aliphatic rings. The van der Waals surface area contributed by atoms with Crippen LogP contribution in [0.5, 0.6) is 0 Å². The lowest BCUT2D eigenvalue weighted by Gasteiger charge is -2.40. The first-order valence-corrected chi connectivity index (χ1v) is 7.19. The zero-order valence-corrected chi connectivity index (χ0v) is 12.0. The van der Waals surface area contributed by atoms with Crippen molar-refractivity contribution in [2.75, 3.05) is 27.2 Å². The van der Waals surface area contributed by atoms with Gasteiger partial charge in [-0.1, -0.05) is 0 Å². The topological polar surface area (TPSA) is 66.6 Å². The fourth-order valence-corrected chi connectivity index (χ4v) is 2.96. The molecule has 108 valence electrons. The fraction of sp³-hybridized carbons (Fsp3) is 0.857. The van der Waals surface area contributed by atoms with Gasteiger partial charge >= 0.3 is 0 Å². The molecule has 1 aliphatic heterocycles. The molecule has 0 aromatic carbocycles. The largest absolute Gasteiger partial charge is 0.349 e. The molecular formula is C14H25N3O2. The molecule has 2 rings (SSSR count). The molecule has 0 bridgehead atoms. The van der Waals surface area contributed by atoms with E-state index in [1.807, 2.05) is 4.90 Å². The maximum atomic E-state index is 12.2. The van der Waals surface area contributed by atoms with Gasteiger partial charge < -0.3 is 15.5 Å². The third-order valence-corrected chi connectivity index (χ3v) is 4.49. The van der Waals surface area contributed by atoms with E-state index in [9.17, 15) is 9.59 Å². The van der Waals surface area contributed by atoms with E-state index in [0.717, 1.165) is 32.1 Å². The molecule has 2 fully saturated rings. The predicted molar refractivity (Wildman–Crippen MR) is 73.4 cm³/mol. The Balaban J connectivity index is 1.79. The second-order valence-corrected chi connectivity index (χ2v) is 6.28. The van der Waals surface area contributed by atoms with Crippen molar-refractivity contribution >= 4 is 11.8 Å². The second kappa shape index (κ2) is 5.49. The van der Waals surface area contributed by atoms with Crippen molar-refractivity contribution in [3.8, 4) is 0 Å². The predicted octanol–water partition coefficient (Wildman–Crippen LogP) is 0.585. The Kier molecular flexibility index (Phi) is 4.13. The van der Waals surface area contributed by atoms with Gasteiger partial charge in [0.2, 0.25) is 11.8 Å². The third-order valence-electron chi connectivity index (χ3n) is 4.49. The lowest BCUT2D eigenvalue weighted by atomic mass is 9.75. The Morgan fingerprint density at radius 1 is 1.26 bits per heavy atom. The van der Waals surface area contributed by atoms with Gasteiger partial charge in [0.15, 0.2) is 0 Å². The molecular weight excluding hydrogens is 242 g/mol. The van der Waals surface area contributed by atoms with Crippen LogP contribution in [-0.2, 0) is 9.59 Å². The maximum Gasteiger partial charge on any atom is 0.225 e. The molecule has 5 heteroatoms. The second-order valence-electron chi connectivity index (χ2n) is 6.28. The number of likely N-dealkylation sites (tertiary alicyclic amines) is 1. The molecule has 1 heterocycles. The number of carbonyl (C=O) groups is 2. The van der Waals surface area contributed by atoms with Crippen LogP contribution in [0.3, 0.4) is 0 Å². The molecule has 2 N–H and O–H groups in total. The zero-order chi connectivity index (χ0) is 14.0. The van der Waals surface area contributed by atoms with E-state index in [2.05, 4.69) is 0 Å². The van der Waals surface area contributed by atoms with Gasteiger partial charge in [0.25, 0.3) is 0 Å². The molecule has 2 amide bonds. The minimum Gasteiger partial charge on any atom is -0.349 e. The van der Waals surface area contributed by atoms with Gasteiger partial charge in [-0.25, -0.2) is 0 Å². The summed E-state index contributed by atoms with van der Waals surface area (Å²) < 4.78 is 0. The quantitative estimate of drug-likeness (QED) is 0.813. The molecule has 1 aliphatic carbocycles. The molecule has 19 heavy (non-hydrogen) atoms. The van der Waals surface area contributed by atoms with Crippen LogP contribution < -0.4 is 5.73 Å². The number of rotatable bonds is 3. The summed E-state index contributed by atoms with van der Waals surface area (Å²) in [6.45, 7) is 1.39. The van der Waals surface area contributed by atoms with E-state index >= 15 is 0 Å². The molecule has 0 unspecified atom stereocenters. The average molecular weight is 267 g/mol. The highest BCUT2D eigenvalue weighted by Crippen LogP contribution is 2.33. The summed E-state index contributed by atoms with van der Waals surface area (Å²) in [5.74, 6) is 0.425. The number of nitrogens with zero attached hydrogens (tertiary/aromatic N) is 2. The number of carbonyl (C=O) groups excluding carboxylic acids is 2. The minimum absolute atomic E-state index is 0.0783. The van der Waals surface area contributed by atoms with Crippen molar-refractivity contribution in [2.45, 2.75) is 44.1 Å². The Labute approximate surface area is 115 Å². The van der Waals surface area contributed by atoms with Crippen molar-refractivity contribution < 1.29 is 9.59 Å². The number of nitrogens with two attached hydrogens (primary N) is 1. The number of piperidine rings is 1. The summed E-state index contributed by atoms with van der Waals surface area (Å²) >= 11 is 0. The summed E-state index contributed by atoms with van der Waals surface area (Å²) in [6, 6.07) is 0. The monoisotopic (exact) mass is 267 g/mol. The van der Waals surface area contributed by atoms with Gasteiger partial charge in [-0.15, -0.1) is 0 Å². The number of hydrogen-bond acceptors (Lipinski definition) is 3. The number of amides is 2. The molecule has 0 atom stereocenters. The van der Waals surface area contributed by atoms with E-state index in [4.69, 9.17) is 5.73 Å². The van der Waals surface area contributed by atoms with E-state index in [-0.39, 0.29) is 23.3 Å². The fourth-order valence-electron chi connectivity index (χ4n) is 2.96. The average Bonchev–Trinajstić information content (AvgIpc) is 2.36. The first-order chi connectivity index (χ1) is 8.91. The highest BCUT2D eigenvalue weighted by atomic mass is 16.2. The smallest absolute Gasteiger partial charge is 0.225 e. The summed E-state index contributed by atoms with van der Waals surface area (Å²) in [5.41, 5.74) is 5.87. The Morgan fingerprint density at radius 3 is 2.26 bits per heavy atom. The summed E-state index contributed by atoms with van der Waals surface area (Å²) in [4.78, 5) is 27.6. The van der Waals surface area contributed by atoms with Crippen LogP contribution >= 0.6 is 0 Å². The molecule has 1 saturated carbocycles. The normalized spacial score (nSPS) is 22.8. The standard InChI is InChI=1S/C14H25N3O2/c1-16(2)13(19)11-4-8-17(9-5-11)12(18)10-14(15)6-3-7-14/h11H,3-10,15H2,1-2H3. The summed E-state index contributed by atoms with van der Waals surface area (Å²) in [7, 11) is 3.57. The van der Waals surface area contributed by atoms with Gasteiger partial charge in [-0.05, 0) is 32.1 Å². The first-order valence-electron chi connectivity index (χ1n) is 7.19. The van der Waals surface area contributed by atoms with E-state index in [1.165, 1.54) is 0 Å². The van der Waals surface area contributed by atoms with Gasteiger partial charge in [-0.3, -0.25) is 9.59 Å². The van der Waals surface area contributed by atoms with Crippen molar-refractivity contribution in [3.05, 3.63) is 0 Å². The first kappa shape index (κ1) is 14.3. The van der Waals surface area contributed by atoms with E-state index < -0.39 is 0 Å². The lowest BCUT2D eigenvalue weighted by Crippen LogP contribution is -2.52. The van der Waals surface area contributed by atoms with Crippen LogP contribution in [0.4, 0.5) is 0 Å². The Morgan fingerprint density at radius 2 is 1.84 bits per heavy atom.